The molecule has 2 aromatic rings. The molecule has 0 unspecified atom stereocenters. The first kappa shape index (κ1) is 20.5. The smallest absolute Gasteiger partial charge is 0.187 e. The summed E-state index contributed by atoms with van der Waals surface area (Å²) >= 11 is 5.08. The Morgan fingerprint density at radius 3 is 2.78 bits per heavy atom. The zero-order valence-corrected chi connectivity index (χ0v) is 16.5. The highest BCUT2D eigenvalue weighted by molar-refractivity contribution is 7.80. The van der Waals surface area contributed by atoms with Crippen LogP contribution in [0.4, 0.5) is 0 Å². The number of hydrazone groups is 1. The second-order valence-corrected chi connectivity index (χ2v) is 6.19. The first-order valence-electron chi connectivity index (χ1n) is 8.75. The minimum atomic E-state index is 0.439. The Morgan fingerprint density at radius 2 is 2.04 bits per heavy atom. The number of benzene rings is 2. The lowest BCUT2D eigenvalue weighted by molar-refractivity contribution is 0.269. The van der Waals surface area contributed by atoms with E-state index >= 15 is 0 Å². The van der Waals surface area contributed by atoms with Crippen molar-refractivity contribution in [3.8, 4) is 11.5 Å². The second kappa shape index (κ2) is 11.0. The van der Waals surface area contributed by atoms with Crippen molar-refractivity contribution < 1.29 is 9.47 Å². The van der Waals surface area contributed by atoms with Crippen LogP contribution in [0.15, 0.2) is 60.2 Å². The molecule has 0 atom stereocenters. The van der Waals surface area contributed by atoms with Crippen LogP contribution in [0.2, 0.25) is 0 Å². The molecule has 2 N–H and O–H groups in total. The highest BCUT2D eigenvalue weighted by atomic mass is 32.1. The van der Waals surface area contributed by atoms with Crippen LogP contribution in [0.25, 0.3) is 0 Å². The predicted molar refractivity (Wildman–Crippen MR) is 115 cm³/mol. The number of ether oxygens (including phenoxy) is 2. The average Bonchev–Trinajstić information content (AvgIpc) is 2.66. The molecule has 0 saturated heterocycles. The number of hydrogen-bond acceptors (Lipinski definition) is 4. The van der Waals surface area contributed by atoms with Gasteiger partial charge in [0.25, 0.3) is 0 Å². The quantitative estimate of drug-likeness (QED) is 0.297. The second-order valence-electron chi connectivity index (χ2n) is 5.79. The monoisotopic (exact) mass is 383 g/mol. The van der Waals surface area contributed by atoms with Crippen LogP contribution in [0, 0.1) is 6.92 Å². The van der Waals surface area contributed by atoms with Crippen LogP contribution < -0.4 is 20.2 Å². The third kappa shape index (κ3) is 7.11. The average molecular weight is 384 g/mol. The van der Waals surface area contributed by atoms with Crippen molar-refractivity contribution in [3.63, 3.8) is 0 Å². The largest absolute Gasteiger partial charge is 0.490 e. The fraction of sp³-hybridized carbons (Fsp3) is 0.238. The summed E-state index contributed by atoms with van der Waals surface area (Å²) in [6.07, 6.45) is 3.40. The Labute approximate surface area is 166 Å². The summed E-state index contributed by atoms with van der Waals surface area (Å²) < 4.78 is 11.7. The molecule has 0 aromatic heterocycles. The summed E-state index contributed by atoms with van der Waals surface area (Å²) in [6.45, 7) is 9.25. The van der Waals surface area contributed by atoms with Gasteiger partial charge in [0, 0.05) is 6.54 Å². The Hall–Kier alpha value is -2.86. The van der Waals surface area contributed by atoms with Crippen LogP contribution in [0.1, 0.15) is 23.6 Å². The van der Waals surface area contributed by atoms with Crippen molar-refractivity contribution >= 4 is 23.5 Å². The van der Waals surface area contributed by atoms with Crippen molar-refractivity contribution in [2.24, 2.45) is 5.10 Å². The van der Waals surface area contributed by atoms with Gasteiger partial charge in [0.05, 0.1) is 12.8 Å². The van der Waals surface area contributed by atoms with Crippen LogP contribution in [-0.2, 0) is 6.61 Å². The van der Waals surface area contributed by atoms with Gasteiger partial charge in [0.1, 0.15) is 6.61 Å². The SMILES string of the molecule is C=CCNC(=S)N/N=C\c1ccc(OCc2cccc(C)c2)c(OCC)c1. The number of thiocarbonyl (C=S) groups is 1. The molecule has 0 aliphatic carbocycles. The lowest BCUT2D eigenvalue weighted by Gasteiger charge is -2.13. The molecule has 0 bridgehead atoms. The van der Waals surface area contributed by atoms with E-state index in [0.29, 0.717) is 36.4 Å². The van der Waals surface area contributed by atoms with Gasteiger partial charge in [0.15, 0.2) is 16.6 Å². The molecule has 6 heteroatoms. The van der Waals surface area contributed by atoms with Crippen LogP contribution in [0.5, 0.6) is 11.5 Å². The molecular formula is C21H25N3O2S. The molecule has 0 aliphatic heterocycles. The molecule has 0 fully saturated rings. The molecule has 5 nitrogen and oxygen atoms in total. The van der Waals surface area contributed by atoms with Crippen molar-refractivity contribution in [1.29, 1.82) is 0 Å². The van der Waals surface area contributed by atoms with Gasteiger partial charge >= 0.3 is 0 Å². The summed E-state index contributed by atoms with van der Waals surface area (Å²) in [5.41, 5.74) is 5.96. The number of hydrogen-bond donors (Lipinski definition) is 2. The van der Waals surface area contributed by atoms with E-state index in [0.717, 1.165) is 11.1 Å². The minimum absolute atomic E-state index is 0.439. The number of nitrogens with one attached hydrogen (secondary N) is 2. The molecule has 2 rings (SSSR count). The van der Waals surface area contributed by atoms with Crippen molar-refractivity contribution in [2.45, 2.75) is 20.5 Å². The Kier molecular flexibility index (Phi) is 8.32. The van der Waals surface area contributed by atoms with E-state index in [4.69, 9.17) is 21.7 Å². The highest BCUT2D eigenvalue weighted by Crippen LogP contribution is 2.29. The van der Waals surface area contributed by atoms with Crippen molar-refractivity contribution in [3.05, 3.63) is 71.8 Å². The number of aryl methyl sites for hydroxylation is 1. The third-order valence-electron chi connectivity index (χ3n) is 3.53. The maximum atomic E-state index is 5.95. The molecule has 0 saturated carbocycles. The van der Waals surface area contributed by atoms with Crippen LogP contribution in [0.3, 0.4) is 0 Å². The first-order chi connectivity index (χ1) is 13.1. The maximum Gasteiger partial charge on any atom is 0.187 e. The van der Waals surface area contributed by atoms with Gasteiger partial charge in [-0.15, -0.1) is 6.58 Å². The molecule has 0 amide bonds. The van der Waals surface area contributed by atoms with Crippen molar-refractivity contribution in [2.75, 3.05) is 13.2 Å². The lowest BCUT2D eigenvalue weighted by atomic mass is 10.1. The fourth-order valence-electron chi connectivity index (χ4n) is 2.33. The van der Waals surface area contributed by atoms with Gasteiger partial charge in [0.2, 0.25) is 0 Å². The first-order valence-corrected chi connectivity index (χ1v) is 9.16. The summed E-state index contributed by atoms with van der Waals surface area (Å²) in [5.74, 6) is 1.38. The molecule has 0 radical (unpaired) electrons. The highest BCUT2D eigenvalue weighted by Gasteiger charge is 2.07. The molecule has 0 heterocycles. The van der Waals surface area contributed by atoms with Crippen LogP contribution >= 0.6 is 12.2 Å². The van der Waals surface area contributed by atoms with Gasteiger partial charge in [-0.2, -0.15) is 5.10 Å². The van der Waals surface area contributed by atoms with Gasteiger partial charge in [-0.05, 0) is 55.4 Å². The Balaban J connectivity index is 2.02. The minimum Gasteiger partial charge on any atom is -0.490 e. The van der Waals surface area contributed by atoms with Crippen LogP contribution in [-0.4, -0.2) is 24.5 Å². The molecule has 0 aliphatic rings. The van der Waals surface area contributed by atoms with E-state index in [1.54, 1.807) is 12.3 Å². The zero-order chi connectivity index (χ0) is 19.5. The molecule has 0 spiro atoms. The summed E-state index contributed by atoms with van der Waals surface area (Å²) in [7, 11) is 0. The van der Waals surface area contributed by atoms with E-state index < -0.39 is 0 Å². The Morgan fingerprint density at radius 1 is 1.19 bits per heavy atom. The van der Waals surface area contributed by atoms with Crippen molar-refractivity contribution in [1.82, 2.24) is 10.7 Å². The molecule has 142 valence electrons. The van der Waals surface area contributed by atoms with E-state index in [-0.39, 0.29) is 0 Å². The normalized spacial score (nSPS) is 10.4. The van der Waals surface area contributed by atoms with Gasteiger partial charge in [-0.25, -0.2) is 0 Å². The molecule has 2 aromatic carbocycles. The summed E-state index contributed by atoms with van der Waals surface area (Å²) in [6, 6.07) is 13.9. The third-order valence-corrected chi connectivity index (χ3v) is 3.77. The van der Waals surface area contributed by atoms with Gasteiger partial charge < -0.3 is 14.8 Å². The summed E-state index contributed by atoms with van der Waals surface area (Å²) in [5, 5.41) is 7.50. The van der Waals surface area contributed by atoms with Gasteiger partial charge in [-0.3, -0.25) is 5.43 Å². The standard InChI is InChI=1S/C21H25N3O2S/c1-4-11-22-21(27)24-23-14-17-9-10-19(20(13-17)25-5-2)26-15-18-8-6-7-16(3)12-18/h4,6-10,12-14H,1,5,11,15H2,2-3H3,(H2,22,24,27)/b23-14-. The predicted octanol–water partition coefficient (Wildman–Crippen LogP) is 3.96. The molecular weight excluding hydrogens is 358 g/mol. The maximum absolute atomic E-state index is 5.95. The summed E-state index contributed by atoms with van der Waals surface area (Å²) in [4.78, 5) is 0. The number of nitrogens with zero attached hydrogens (tertiary/aromatic N) is 1. The van der Waals surface area contributed by atoms with Gasteiger partial charge in [-0.1, -0.05) is 35.9 Å². The topological polar surface area (TPSA) is 54.9 Å². The number of rotatable bonds is 9. The molecule has 27 heavy (non-hydrogen) atoms. The fourth-order valence-corrected chi connectivity index (χ4v) is 2.46. The zero-order valence-electron chi connectivity index (χ0n) is 15.7. The van der Waals surface area contributed by atoms with E-state index in [9.17, 15) is 0 Å². The van der Waals surface area contributed by atoms with E-state index in [1.807, 2.05) is 37.3 Å². The Bertz CT molecular complexity index is 806. The lowest BCUT2D eigenvalue weighted by Crippen LogP contribution is -2.31. The van der Waals surface area contributed by atoms with E-state index in [2.05, 4.69) is 41.5 Å². The van der Waals surface area contributed by atoms with E-state index in [1.165, 1.54) is 5.56 Å².